The van der Waals surface area contributed by atoms with Crippen molar-refractivity contribution in [3.63, 3.8) is 0 Å². The predicted octanol–water partition coefficient (Wildman–Crippen LogP) is 1.75. The van der Waals surface area contributed by atoms with Crippen molar-refractivity contribution in [3.05, 3.63) is 42.6 Å². The summed E-state index contributed by atoms with van der Waals surface area (Å²) >= 11 is 0. The summed E-state index contributed by atoms with van der Waals surface area (Å²) in [5.41, 5.74) is 1.00. The highest BCUT2D eigenvalue weighted by Gasteiger charge is 2.26. The van der Waals surface area contributed by atoms with Gasteiger partial charge < -0.3 is 19.7 Å². The highest BCUT2D eigenvalue weighted by Crippen LogP contribution is 2.32. The molecule has 4 heterocycles. The average molecular weight is 528 g/mol. The van der Waals surface area contributed by atoms with E-state index < -0.39 is 10.0 Å². The number of fused-ring (bicyclic) bond motifs is 1. The number of pyridine rings is 2. The van der Waals surface area contributed by atoms with Gasteiger partial charge in [0.1, 0.15) is 11.9 Å². The number of ether oxygens (including phenoxy) is 2. The standard InChI is InChI=1S/C24H29N7O5S/c1-37(33,34)30-17-13-19-20(27-15-17)14-21(31-9-11-35-12-10-31)29-24(19)36-18-5-3-16(4-6-18)28-23(32)22-25-7-2-8-26-22/h2,7-8,13-16,18,30H,3-6,9-12H2,1H3,(H,28,32). The van der Waals surface area contributed by atoms with Gasteiger partial charge in [-0.1, -0.05) is 0 Å². The van der Waals surface area contributed by atoms with Crippen molar-refractivity contribution in [2.45, 2.75) is 37.8 Å². The quantitative estimate of drug-likeness (QED) is 0.465. The molecule has 2 aliphatic rings. The minimum absolute atomic E-state index is 0.00720. The largest absolute Gasteiger partial charge is 0.474 e. The van der Waals surface area contributed by atoms with Crippen molar-refractivity contribution in [1.82, 2.24) is 25.3 Å². The van der Waals surface area contributed by atoms with Gasteiger partial charge >= 0.3 is 0 Å². The van der Waals surface area contributed by atoms with Crippen LogP contribution in [0.1, 0.15) is 36.3 Å². The monoisotopic (exact) mass is 527 g/mol. The van der Waals surface area contributed by atoms with Gasteiger partial charge in [-0.3, -0.25) is 14.5 Å². The summed E-state index contributed by atoms with van der Waals surface area (Å²) in [5, 5.41) is 3.63. The molecule has 1 saturated carbocycles. The predicted molar refractivity (Wildman–Crippen MR) is 137 cm³/mol. The SMILES string of the molecule is CS(=O)(=O)Nc1cnc2cc(N3CCOCC3)nc(OC3CCC(NC(=O)c4ncccn4)CC3)c2c1. The van der Waals surface area contributed by atoms with E-state index in [4.69, 9.17) is 14.5 Å². The number of morpholine rings is 1. The summed E-state index contributed by atoms with van der Waals surface area (Å²) in [7, 11) is -3.46. The molecule has 1 aliphatic carbocycles. The lowest BCUT2D eigenvalue weighted by Gasteiger charge is -2.31. The number of hydrogen-bond acceptors (Lipinski definition) is 10. The lowest BCUT2D eigenvalue weighted by Crippen LogP contribution is -2.40. The molecule has 12 nitrogen and oxygen atoms in total. The average Bonchev–Trinajstić information content (AvgIpc) is 2.90. The molecular weight excluding hydrogens is 498 g/mol. The second kappa shape index (κ2) is 10.8. The molecule has 0 unspecified atom stereocenters. The molecule has 1 aliphatic heterocycles. The summed E-state index contributed by atoms with van der Waals surface area (Å²) in [6.45, 7) is 2.65. The van der Waals surface area contributed by atoms with Crippen LogP contribution in [0.5, 0.6) is 5.88 Å². The van der Waals surface area contributed by atoms with E-state index in [1.807, 2.05) is 6.07 Å². The summed E-state index contributed by atoms with van der Waals surface area (Å²) in [6.07, 6.45) is 8.48. The fourth-order valence-electron chi connectivity index (χ4n) is 4.54. The van der Waals surface area contributed by atoms with Crippen LogP contribution in [-0.4, -0.2) is 79.0 Å². The number of hydrogen-bond donors (Lipinski definition) is 2. The number of nitrogens with one attached hydrogen (secondary N) is 2. The maximum Gasteiger partial charge on any atom is 0.289 e. The molecule has 0 spiro atoms. The van der Waals surface area contributed by atoms with Gasteiger partial charge in [-0.05, 0) is 37.8 Å². The van der Waals surface area contributed by atoms with Crippen LogP contribution in [0.3, 0.4) is 0 Å². The fraction of sp³-hybridized carbons (Fsp3) is 0.458. The lowest BCUT2D eigenvalue weighted by molar-refractivity contribution is 0.0881. The number of aromatic nitrogens is 4. The molecule has 37 heavy (non-hydrogen) atoms. The Hall–Kier alpha value is -3.58. The minimum atomic E-state index is -3.46. The van der Waals surface area contributed by atoms with Crippen molar-refractivity contribution in [2.24, 2.45) is 0 Å². The van der Waals surface area contributed by atoms with E-state index in [2.05, 4.69) is 29.9 Å². The normalized spacial score (nSPS) is 20.4. The van der Waals surface area contributed by atoms with Crippen molar-refractivity contribution in [3.8, 4) is 5.88 Å². The highest BCUT2D eigenvalue weighted by molar-refractivity contribution is 7.92. The summed E-state index contributed by atoms with van der Waals surface area (Å²) in [6, 6.07) is 5.25. The van der Waals surface area contributed by atoms with E-state index >= 15 is 0 Å². The van der Waals surface area contributed by atoms with Gasteiger partial charge in [0.25, 0.3) is 5.91 Å². The molecule has 0 radical (unpaired) electrons. The third-order valence-electron chi connectivity index (χ3n) is 6.33. The van der Waals surface area contributed by atoms with E-state index in [1.165, 1.54) is 6.20 Å². The van der Waals surface area contributed by atoms with E-state index in [9.17, 15) is 13.2 Å². The zero-order valence-corrected chi connectivity index (χ0v) is 21.3. The van der Waals surface area contributed by atoms with Gasteiger partial charge in [-0.25, -0.2) is 18.4 Å². The number of carbonyl (C=O) groups is 1. The van der Waals surface area contributed by atoms with Crippen LogP contribution in [0.25, 0.3) is 10.9 Å². The molecular formula is C24H29N7O5S. The molecule has 2 N–H and O–H groups in total. The van der Waals surface area contributed by atoms with Crippen LogP contribution in [0.15, 0.2) is 36.8 Å². The highest BCUT2D eigenvalue weighted by atomic mass is 32.2. The number of nitrogens with zero attached hydrogens (tertiary/aromatic N) is 5. The zero-order chi connectivity index (χ0) is 25.8. The molecule has 5 rings (SSSR count). The smallest absolute Gasteiger partial charge is 0.289 e. The zero-order valence-electron chi connectivity index (χ0n) is 20.5. The van der Waals surface area contributed by atoms with Gasteiger partial charge in [-0.2, -0.15) is 4.98 Å². The number of anilines is 2. The van der Waals surface area contributed by atoms with E-state index in [1.54, 1.807) is 24.5 Å². The topological polar surface area (TPSA) is 149 Å². The van der Waals surface area contributed by atoms with Gasteiger partial charge in [-0.15, -0.1) is 0 Å². The fourth-order valence-corrected chi connectivity index (χ4v) is 5.08. The first kappa shape index (κ1) is 25.1. The van der Waals surface area contributed by atoms with Gasteiger partial charge in [0.15, 0.2) is 0 Å². The van der Waals surface area contributed by atoms with Crippen molar-refractivity contribution in [2.75, 3.05) is 42.2 Å². The van der Waals surface area contributed by atoms with Crippen LogP contribution in [0, 0.1) is 0 Å². The molecule has 1 saturated heterocycles. The van der Waals surface area contributed by atoms with Crippen molar-refractivity contribution in [1.29, 1.82) is 0 Å². The maximum atomic E-state index is 12.4. The van der Waals surface area contributed by atoms with Crippen molar-refractivity contribution < 1.29 is 22.7 Å². The first-order valence-corrected chi connectivity index (χ1v) is 14.1. The van der Waals surface area contributed by atoms with E-state index in [0.717, 1.165) is 37.8 Å². The Morgan fingerprint density at radius 3 is 2.51 bits per heavy atom. The van der Waals surface area contributed by atoms with Gasteiger partial charge in [0, 0.05) is 37.6 Å². The Morgan fingerprint density at radius 2 is 1.81 bits per heavy atom. The molecule has 3 aromatic heterocycles. The van der Waals surface area contributed by atoms with Gasteiger partial charge in [0.2, 0.25) is 21.7 Å². The van der Waals surface area contributed by atoms with E-state index in [-0.39, 0.29) is 23.9 Å². The Kier molecular flexibility index (Phi) is 7.33. The van der Waals surface area contributed by atoms with Crippen LogP contribution >= 0.6 is 0 Å². The molecule has 0 atom stereocenters. The number of rotatable bonds is 7. The first-order valence-electron chi connectivity index (χ1n) is 12.2. The number of carbonyl (C=O) groups excluding carboxylic acids is 1. The number of amides is 1. The lowest BCUT2D eigenvalue weighted by atomic mass is 9.93. The molecule has 1 amide bonds. The maximum absolute atomic E-state index is 12.4. The van der Waals surface area contributed by atoms with Crippen LogP contribution in [0.4, 0.5) is 11.5 Å². The summed E-state index contributed by atoms with van der Waals surface area (Å²) < 4.78 is 37.8. The van der Waals surface area contributed by atoms with Crippen LogP contribution in [0.2, 0.25) is 0 Å². The second-order valence-electron chi connectivity index (χ2n) is 9.19. The Bertz CT molecular complexity index is 1360. The third kappa shape index (κ3) is 6.41. The second-order valence-corrected chi connectivity index (χ2v) is 10.9. The Balaban J connectivity index is 1.33. The number of sulfonamides is 1. The molecule has 0 bridgehead atoms. The molecule has 2 fully saturated rings. The Labute approximate surface area is 214 Å². The molecule has 196 valence electrons. The van der Waals surface area contributed by atoms with Crippen LogP contribution in [-0.2, 0) is 14.8 Å². The minimum Gasteiger partial charge on any atom is -0.474 e. The Morgan fingerprint density at radius 1 is 1.08 bits per heavy atom. The van der Waals surface area contributed by atoms with E-state index in [0.29, 0.717) is 48.8 Å². The molecule has 0 aromatic carbocycles. The first-order chi connectivity index (χ1) is 17.8. The van der Waals surface area contributed by atoms with Crippen molar-refractivity contribution >= 4 is 38.3 Å². The van der Waals surface area contributed by atoms with Crippen LogP contribution < -0.4 is 19.7 Å². The third-order valence-corrected chi connectivity index (χ3v) is 6.93. The van der Waals surface area contributed by atoms with Gasteiger partial charge in [0.05, 0.1) is 42.3 Å². The summed E-state index contributed by atoms with van der Waals surface area (Å²) in [5.74, 6) is 1.02. The molecule has 3 aromatic rings. The molecule has 13 heteroatoms. The summed E-state index contributed by atoms with van der Waals surface area (Å²) in [4.78, 5) is 31.8.